The lowest BCUT2D eigenvalue weighted by atomic mass is 10.1. The fraction of sp³-hybridized carbons (Fsp3) is 0.0625. The summed E-state index contributed by atoms with van der Waals surface area (Å²) in [4.78, 5) is 15.3. The van der Waals surface area contributed by atoms with Gasteiger partial charge in [-0.3, -0.25) is 4.79 Å². The third kappa shape index (κ3) is 2.67. The highest BCUT2D eigenvalue weighted by Gasteiger charge is 2.15. The van der Waals surface area contributed by atoms with Crippen molar-refractivity contribution in [3.05, 3.63) is 60.6 Å². The van der Waals surface area contributed by atoms with Crippen molar-refractivity contribution in [2.75, 3.05) is 12.4 Å². The van der Waals surface area contributed by atoms with E-state index < -0.39 is 0 Å². The van der Waals surface area contributed by atoms with Crippen molar-refractivity contribution in [1.29, 1.82) is 0 Å². The largest absolute Gasteiger partial charge is 0.497 e. The first-order valence-electron chi connectivity index (χ1n) is 6.44. The van der Waals surface area contributed by atoms with Crippen molar-refractivity contribution in [3.8, 4) is 17.1 Å². The summed E-state index contributed by atoms with van der Waals surface area (Å²) in [5.41, 5.74) is 1.96. The van der Waals surface area contributed by atoms with E-state index in [1.54, 1.807) is 56.1 Å². The molecule has 0 atom stereocenters. The summed E-state index contributed by atoms with van der Waals surface area (Å²) in [6, 6.07) is 10.8. The van der Waals surface area contributed by atoms with E-state index in [0.717, 1.165) is 11.3 Å². The molecule has 0 spiro atoms. The number of anilines is 1. The third-order valence-electron chi connectivity index (χ3n) is 3.12. The molecule has 0 fully saturated rings. The van der Waals surface area contributed by atoms with Crippen LogP contribution in [0.3, 0.4) is 0 Å². The SMILES string of the molecule is COc1ccc(NC(=O)c2c[nH]cc2-c2ccco2)cc1. The van der Waals surface area contributed by atoms with Crippen LogP contribution in [0.15, 0.2) is 59.5 Å². The molecular weight excluding hydrogens is 268 g/mol. The molecule has 21 heavy (non-hydrogen) atoms. The highest BCUT2D eigenvalue weighted by molar-refractivity contribution is 6.08. The number of benzene rings is 1. The number of hydrogen-bond acceptors (Lipinski definition) is 3. The van der Waals surface area contributed by atoms with E-state index in [1.807, 2.05) is 6.07 Å². The molecule has 0 aliphatic rings. The Kier molecular flexibility index (Phi) is 3.47. The van der Waals surface area contributed by atoms with Gasteiger partial charge in [0.2, 0.25) is 0 Å². The van der Waals surface area contributed by atoms with E-state index >= 15 is 0 Å². The summed E-state index contributed by atoms with van der Waals surface area (Å²) in [6.45, 7) is 0. The second kappa shape index (κ2) is 5.58. The van der Waals surface area contributed by atoms with Gasteiger partial charge in [0.05, 0.1) is 18.9 Å². The Labute approximate surface area is 121 Å². The number of hydrogen-bond donors (Lipinski definition) is 2. The fourth-order valence-corrected chi connectivity index (χ4v) is 2.06. The number of nitrogens with one attached hydrogen (secondary N) is 2. The number of methoxy groups -OCH3 is 1. The van der Waals surface area contributed by atoms with Crippen molar-refractivity contribution in [3.63, 3.8) is 0 Å². The monoisotopic (exact) mass is 282 g/mol. The third-order valence-corrected chi connectivity index (χ3v) is 3.12. The van der Waals surface area contributed by atoms with Gasteiger partial charge < -0.3 is 19.5 Å². The Hall–Kier alpha value is -2.95. The van der Waals surface area contributed by atoms with Gasteiger partial charge in [-0.1, -0.05) is 0 Å². The fourth-order valence-electron chi connectivity index (χ4n) is 2.06. The standard InChI is InChI=1S/C16H14N2O3/c1-20-12-6-4-11(5-7-12)18-16(19)14-10-17-9-13(14)15-3-2-8-21-15/h2-10,17H,1H3,(H,18,19). The Balaban J connectivity index is 1.81. The number of ether oxygens (including phenoxy) is 1. The average molecular weight is 282 g/mol. The zero-order valence-electron chi connectivity index (χ0n) is 11.4. The number of H-pyrrole nitrogens is 1. The van der Waals surface area contributed by atoms with Gasteiger partial charge in [-0.2, -0.15) is 0 Å². The van der Waals surface area contributed by atoms with E-state index in [1.165, 1.54) is 0 Å². The summed E-state index contributed by atoms with van der Waals surface area (Å²) in [5, 5.41) is 2.84. The molecule has 2 heterocycles. The molecule has 0 bridgehead atoms. The van der Waals surface area contributed by atoms with E-state index in [0.29, 0.717) is 17.0 Å². The molecule has 106 valence electrons. The summed E-state index contributed by atoms with van der Waals surface area (Å²) in [7, 11) is 1.60. The molecule has 3 aromatic rings. The van der Waals surface area contributed by atoms with Gasteiger partial charge in [0.15, 0.2) is 0 Å². The van der Waals surface area contributed by atoms with Crippen LogP contribution in [0, 0.1) is 0 Å². The van der Waals surface area contributed by atoms with Crippen LogP contribution in [-0.4, -0.2) is 18.0 Å². The lowest BCUT2D eigenvalue weighted by molar-refractivity contribution is 0.102. The second-order valence-electron chi connectivity index (χ2n) is 4.44. The number of rotatable bonds is 4. The number of carbonyl (C=O) groups excluding carboxylic acids is 1. The molecule has 0 aliphatic heterocycles. The average Bonchev–Trinajstić information content (AvgIpc) is 3.18. The van der Waals surface area contributed by atoms with Gasteiger partial charge in [-0.15, -0.1) is 0 Å². The van der Waals surface area contributed by atoms with Gasteiger partial charge in [-0.25, -0.2) is 0 Å². The first-order valence-corrected chi connectivity index (χ1v) is 6.44. The van der Waals surface area contributed by atoms with Crippen LogP contribution >= 0.6 is 0 Å². The first kappa shape index (κ1) is 13.1. The molecule has 0 unspecified atom stereocenters. The van der Waals surface area contributed by atoms with E-state index in [-0.39, 0.29) is 5.91 Å². The summed E-state index contributed by atoms with van der Waals surface area (Å²) in [6.07, 6.45) is 4.96. The molecule has 0 saturated heterocycles. The van der Waals surface area contributed by atoms with Crippen molar-refractivity contribution in [1.82, 2.24) is 4.98 Å². The van der Waals surface area contributed by atoms with Crippen LogP contribution in [-0.2, 0) is 0 Å². The summed E-state index contributed by atoms with van der Waals surface area (Å²) >= 11 is 0. The zero-order valence-corrected chi connectivity index (χ0v) is 11.4. The highest BCUT2D eigenvalue weighted by atomic mass is 16.5. The minimum Gasteiger partial charge on any atom is -0.497 e. The molecule has 2 N–H and O–H groups in total. The van der Waals surface area contributed by atoms with Crippen LogP contribution in [0.2, 0.25) is 0 Å². The topological polar surface area (TPSA) is 67.3 Å². The maximum atomic E-state index is 12.3. The molecule has 3 rings (SSSR count). The molecule has 1 aromatic carbocycles. The molecule has 0 saturated carbocycles. The number of aromatic amines is 1. The number of amides is 1. The predicted octanol–water partition coefficient (Wildman–Crippen LogP) is 3.54. The van der Waals surface area contributed by atoms with Crippen molar-refractivity contribution < 1.29 is 13.9 Å². The Morgan fingerprint density at radius 3 is 2.67 bits per heavy atom. The summed E-state index contributed by atoms with van der Waals surface area (Å²) in [5.74, 6) is 1.19. The van der Waals surface area contributed by atoms with Gasteiger partial charge in [0.25, 0.3) is 5.91 Å². The number of carbonyl (C=O) groups is 1. The lowest BCUT2D eigenvalue weighted by Crippen LogP contribution is -2.11. The van der Waals surface area contributed by atoms with Crippen molar-refractivity contribution in [2.45, 2.75) is 0 Å². The predicted molar refractivity (Wildman–Crippen MR) is 79.4 cm³/mol. The quantitative estimate of drug-likeness (QED) is 0.769. The zero-order chi connectivity index (χ0) is 14.7. The molecule has 5 nitrogen and oxygen atoms in total. The molecule has 2 aromatic heterocycles. The second-order valence-corrected chi connectivity index (χ2v) is 4.44. The Bertz CT molecular complexity index is 727. The normalized spacial score (nSPS) is 10.3. The molecule has 5 heteroatoms. The maximum absolute atomic E-state index is 12.3. The van der Waals surface area contributed by atoms with Gasteiger partial charge in [-0.05, 0) is 36.4 Å². The number of furan rings is 1. The Morgan fingerprint density at radius 1 is 1.19 bits per heavy atom. The van der Waals surface area contributed by atoms with Gasteiger partial charge in [0, 0.05) is 23.6 Å². The molecule has 1 amide bonds. The summed E-state index contributed by atoms with van der Waals surface area (Å²) < 4.78 is 10.4. The number of aromatic nitrogens is 1. The minimum absolute atomic E-state index is 0.201. The minimum atomic E-state index is -0.201. The van der Waals surface area contributed by atoms with Crippen LogP contribution < -0.4 is 10.1 Å². The smallest absolute Gasteiger partial charge is 0.257 e. The van der Waals surface area contributed by atoms with E-state index in [9.17, 15) is 4.79 Å². The van der Waals surface area contributed by atoms with E-state index in [4.69, 9.17) is 9.15 Å². The lowest BCUT2D eigenvalue weighted by Gasteiger charge is -2.06. The van der Waals surface area contributed by atoms with Crippen molar-refractivity contribution in [2.24, 2.45) is 0 Å². The molecule has 0 radical (unpaired) electrons. The highest BCUT2D eigenvalue weighted by Crippen LogP contribution is 2.25. The van der Waals surface area contributed by atoms with Gasteiger partial charge >= 0.3 is 0 Å². The molecular formula is C16H14N2O3. The van der Waals surface area contributed by atoms with Crippen LogP contribution in [0.25, 0.3) is 11.3 Å². The molecule has 0 aliphatic carbocycles. The van der Waals surface area contributed by atoms with Crippen LogP contribution in [0.5, 0.6) is 5.75 Å². The van der Waals surface area contributed by atoms with Crippen molar-refractivity contribution >= 4 is 11.6 Å². The van der Waals surface area contributed by atoms with Crippen LogP contribution in [0.1, 0.15) is 10.4 Å². The van der Waals surface area contributed by atoms with E-state index in [2.05, 4.69) is 10.3 Å². The van der Waals surface area contributed by atoms with Crippen LogP contribution in [0.4, 0.5) is 5.69 Å². The Morgan fingerprint density at radius 2 is 2.00 bits per heavy atom. The maximum Gasteiger partial charge on any atom is 0.257 e. The van der Waals surface area contributed by atoms with Gasteiger partial charge in [0.1, 0.15) is 11.5 Å². The first-order chi connectivity index (χ1) is 10.3.